The molecule has 0 saturated carbocycles. The summed E-state index contributed by atoms with van der Waals surface area (Å²) < 4.78 is 0. The zero-order chi connectivity index (χ0) is 20.6. The molecule has 3 fully saturated rings. The molecule has 6 nitrogen and oxygen atoms in total. The van der Waals surface area contributed by atoms with E-state index in [-0.39, 0.29) is 11.6 Å². The van der Waals surface area contributed by atoms with E-state index in [4.69, 9.17) is 4.99 Å². The molecule has 0 aliphatic carbocycles. The van der Waals surface area contributed by atoms with Crippen molar-refractivity contribution in [2.75, 3.05) is 39.3 Å². The summed E-state index contributed by atoms with van der Waals surface area (Å²) in [6.07, 6.45) is 18.6. The lowest BCUT2D eigenvalue weighted by Gasteiger charge is -2.53. The molecule has 0 N–H and O–H groups in total. The van der Waals surface area contributed by atoms with E-state index in [9.17, 15) is 0 Å². The van der Waals surface area contributed by atoms with E-state index >= 15 is 0 Å². The van der Waals surface area contributed by atoms with Gasteiger partial charge in [0.25, 0.3) is 0 Å². The molecule has 0 aromatic rings. The standard InChI is InChI=1S/C24H42N6/c1-3-5-19-28-23-14-9-16-26(23)17-11-21-29(23)30(20-6-4-2)24(28)13-8-7-12-22-25-15-10-18-27(22)24/h11,17H,3-10,12-16,18-21H2,1-2H3. The monoisotopic (exact) mass is 414 g/mol. The third-order valence-electron chi connectivity index (χ3n) is 8.12. The van der Waals surface area contributed by atoms with E-state index < -0.39 is 0 Å². The third kappa shape index (κ3) is 2.90. The highest BCUT2D eigenvalue weighted by Gasteiger charge is 2.69. The lowest BCUT2D eigenvalue weighted by molar-refractivity contribution is -0.147. The van der Waals surface area contributed by atoms with Crippen molar-refractivity contribution in [1.29, 1.82) is 0 Å². The lowest BCUT2D eigenvalue weighted by atomic mass is 10.0. The third-order valence-corrected chi connectivity index (χ3v) is 8.12. The first-order valence-corrected chi connectivity index (χ1v) is 12.9. The molecule has 6 heteroatoms. The Morgan fingerprint density at radius 2 is 1.77 bits per heavy atom. The number of unbranched alkanes of at least 4 members (excludes halogenated alkanes) is 2. The fourth-order valence-corrected chi connectivity index (χ4v) is 6.90. The van der Waals surface area contributed by atoms with Gasteiger partial charge >= 0.3 is 0 Å². The Bertz CT molecular complexity index is 677. The summed E-state index contributed by atoms with van der Waals surface area (Å²) in [6, 6.07) is 0. The summed E-state index contributed by atoms with van der Waals surface area (Å²) in [4.78, 5) is 13.6. The van der Waals surface area contributed by atoms with Crippen LogP contribution in [0.3, 0.4) is 0 Å². The van der Waals surface area contributed by atoms with Crippen LogP contribution in [-0.2, 0) is 0 Å². The van der Waals surface area contributed by atoms with Crippen LogP contribution in [0, 0.1) is 0 Å². The van der Waals surface area contributed by atoms with Gasteiger partial charge in [-0.15, -0.1) is 0 Å². The summed E-state index contributed by atoms with van der Waals surface area (Å²) in [7, 11) is 0. The van der Waals surface area contributed by atoms with E-state index in [1.54, 1.807) is 0 Å². The molecule has 3 saturated heterocycles. The first-order valence-electron chi connectivity index (χ1n) is 12.9. The van der Waals surface area contributed by atoms with Crippen LogP contribution in [0.15, 0.2) is 17.3 Å². The highest BCUT2D eigenvalue weighted by Crippen LogP contribution is 2.54. The van der Waals surface area contributed by atoms with Crippen LogP contribution in [0.2, 0.25) is 0 Å². The molecule has 0 amide bonds. The number of nitrogens with zero attached hydrogens (tertiary/aromatic N) is 6. The SMILES string of the molecule is CCCCN1N2CC=CN3CCCC32N(CCCC)C12CCCCC1=NCCCN12. The van der Waals surface area contributed by atoms with Crippen LogP contribution < -0.4 is 0 Å². The molecule has 0 radical (unpaired) electrons. The van der Waals surface area contributed by atoms with E-state index in [0.717, 1.165) is 19.6 Å². The zero-order valence-electron chi connectivity index (χ0n) is 19.4. The molecule has 2 spiro atoms. The number of hydrazine groups is 1. The summed E-state index contributed by atoms with van der Waals surface area (Å²) in [5, 5.41) is 5.64. The molecule has 0 aromatic heterocycles. The molecule has 2 atom stereocenters. The highest BCUT2D eigenvalue weighted by molar-refractivity contribution is 5.83. The van der Waals surface area contributed by atoms with Gasteiger partial charge in [-0.25, -0.2) is 4.90 Å². The molecule has 5 aliphatic heterocycles. The first-order chi connectivity index (χ1) is 14.8. The molecule has 30 heavy (non-hydrogen) atoms. The Hall–Kier alpha value is -1.11. The van der Waals surface area contributed by atoms with Crippen molar-refractivity contribution < 1.29 is 0 Å². The quantitative estimate of drug-likeness (QED) is 0.654. The van der Waals surface area contributed by atoms with Crippen molar-refractivity contribution in [2.45, 2.75) is 96.1 Å². The minimum Gasteiger partial charge on any atom is -0.346 e. The van der Waals surface area contributed by atoms with Crippen molar-refractivity contribution >= 4 is 5.84 Å². The van der Waals surface area contributed by atoms with Crippen LogP contribution in [0.4, 0.5) is 0 Å². The van der Waals surface area contributed by atoms with Crippen molar-refractivity contribution in [2.24, 2.45) is 4.99 Å². The smallest absolute Gasteiger partial charge is 0.168 e. The minimum absolute atomic E-state index is 0.0323. The Morgan fingerprint density at radius 1 is 0.933 bits per heavy atom. The Labute approximate surface area is 183 Å². The summed E-state index contributed by atoms with van der Waals surface area (Å²) in [5.74, 6) is 1.40. The molecular weight excluding hydrogens is 372 g/mol. The zero-order valence-corrected chi connectivity index (χ0v) is 19.4. The number of hydrogen-bond donors (Lipinski definition) is 0. The predicted octanol–water partition coefficient (Wildman–Crippen LogP) is 4.03. The molecule has 0 bridgehead atoms. The van der Waals surface area contributed by atoms with Gasteiger partial charge in [0, 0.05) is 58.5 Å². The van der Waals surface area contributed by atoms with Crippen molar-refractivity contribution in [3.05, 3.63) is 12.3 Å². The van der Waals surface area contributed by atoms with Gasteiger partial charge in [0.05, 0.1) is 0 Å². The topological polar surface area (TPSA) is 28.6 Å². The van der Waals surface area contributed by atoms with Gasteiger partial charge in [-0.2, -0.15) is 10.0 Å². The number of amidine groups is 1. The number of rotatable bonds is 6. The second kappa shape index (κ2) is 8.44. The molecule has 5 rings (SSSR count). The number of aliphatic imine (C=N–C) groups is 1. The van der Waals surface area contributed by atoms with Crippen molar-refractivity contribution in [3.63, 3.8) is 0 Å². The average Bonchev–Trinajstić information content (AvgIpc) is 3.23. The summed E-state index contributed by atoms with van der Waals surface area (Å²) in [5.41, 5.74) is 0. The largest absolute Gasteiger partial charge is 0.346 e. The minimum atomic E-state index is -0.0330. The van der Waals surface area contributed by atoms with Gasteiger partial charge in [0.1, 0.15) is 5.84 Å². The van der Waals surface area contributed by atoms with Gasteiger partial charge in [-0.1, -0.05) is 32.8 Å². The Balaban J connectivity index is 1.67. The van der Waals surface area contributed by atoms with Crippen molar-refractivity contribution in [1.82, 2.24) is 24.7 Å². The summed E-state index contributed by atoms with van der Waals surface area (Å²) >= 11 is 0. The second-order valence-electron chi connectivity index (χ2n) is 9.80. The van der Waals surface area contributed by atoms with Gasteiger partial charge in [0.2, 0.25) is 0 Å². The normalized spacial score (nSPS) is 34.8. The second-order valence-corrected chi connectivity index (χ2v) is 9.80. The Kier molecular flexibility index (Phi) is 5.84. The maximum Gasteiger partial charge on any atom is 0.168 e. The van der Waals surface area contributed by atoms with Crippen molar-refractivity contribution in [3.8, 4) is 0 Å². The van der Waals surface area contributed by atoms with Gasteiger partial charge in [-0.05, 0) is 44.7 Å². The first kappa shape index (κ1) is 20.8. The predicted molar refractivity (Wildman–Crippen MR) is 123 cm³/mol. The molecule has 5 heterocycles. The fraction of sp³-hybridized carbons (Fsp3) is 0.875. The maximum absolute atomic E-state index is 5.10. The number of fused-ring (bicyclic) bond motifs is 2. The van der Waals surface area contributed by atoms with E-state index in [1.807, 2.05) is 0 Å². The molecule has 0 aromatic carbocycles. The average molecular weight is 415 g/mol. The van der Waals surface area contributed by atoms with Gasteiger partial charge < -0.3 is 9.80 Å². The van der Waals surface area contributed by atoms with E-state index in [2.05, 4.69) is 50.8 Å². The lowest BCUT2D eigenvalue weighted by Crippen LogP contribution is -2.70. The van der Waals surface area contributed by atoms with Gasteiger partial charge in [0.15, 0.2) is 11.6 Å². The maximum atomic E-state index is 5.10. The Morgan fingerprint density at radius 3 is 2.63 bits per heavy atom. The van der Waals surface area contributed by atoms with Crippen LogP contribution >= 0.6 is 0 Å². The van der Waals surface area contributed by atoms with Gasteiger partial charge in [-0.3, -0.25) is 4.99 Å². The molecular formula is C24H42N6. The van der Waals surface area contributed by atoms with Crippen LogP contribution in [-0.4, -0.2) is 81.4 Å². The fourth-order valence-electron chi connectivity index (χ4n) is 6.90. The van der Waals surface area contributed by atoms with Crippen LogP contribution in [0.1, 0.15) is 84.5 Å². The molecule has 168 valence electrons. The molecule has 2 unspecified atom stereocenters. The number of hydrogen-bond acceptors (Lipinski definition) is 6. The van der Waals surface area contributed by atoms with E-state index in [1.165, 1.54) is 96.1 Å². The van der Waals surface area contributed by atoms with E-state index in [0.29, 0.717) is 0 Å². The molecule has 5 aliphatic rings. The highest BCUT2D eigenvalue weighted by atomic mass is 15.9. The van der Waals surface area contributed by atoms with Crippen LogP contribution in [0.25, 0.3) is 0 Å². The summed E-state index contributed by atoms with van der Waals surface area (Å²) in [6.45, 7) is 11.5. The van der Waals surface area contributed by atoms with Crippen LogP contribution in [0.5, 0.6) is 0 Å².